The Hall–Kier alpha value is -1.41. The van der Waals surface area contributed by atoms with E-state index < -0.39 is 18.4 Å². The van der Waals surface area contributed by atoms with Gasteiger partial charge in [0.15, 0.2) is 11.9 Å². The van der Waals surface area contributed by atoms with Gasteiger partial charge >= 0.3 is 0 Å². The van der Waals surface area contributed by atoms with Crippen molar-refractivity contribution in [3.8, 4) is 0 Å². The molecule has 4 heterocycles. The van der Waals surface area contributed by atoms with Crippen molar-refractivity contribution in [1.82, 2.24) is 14.8 Å². The predicted molar refractivity (Wildman–Crippen MR) is 102 cm³/mol. The number of pyridine rings is 1. The zero-order valence-electron chi connectivity index (χ0n) is 15.3. The van der Waals surface area contributed by atoms with E-state index in [2.05, 4.69) is 15.0 Å². The van der Waals surface area contributed by atoms with Crippen molar-refractivity contribution in [2.75, 3.05) is 24.6 Å². The molecule has 0 amide bonds. The highest BCUT2D eigenvalue weighted by atomic mass is 35.5. The van der Waals surface area contributed by atoms with E-state index in [1.165, 1.54) is 19.3 Å². The quantitative estimate of drug-likeness (QED) is 0.779. The molecule has 0 radical (unpaired) electrons. The van der Waals surface area contributed by atoms with E-state index >= 15 is 0 Å². The van der Waals surface area contributed by atoms with Gasteiger partial charge in [-0.15, -0.1) is 0 Å². The fourth-order valence-corrected chi connectivity index (χ4v) is 5.31. The zero-order valence-corrected chi connectivity index (χ0v) is 16.1. The van der Waals surface area contributed by atoms with Crippen molar-refractivity contribution in [3.05, 3.63) is 17.4 Å². The summed E-state index contributed by atoms with van der Waals surface area (Å²) >= 11 is 6.36. The zero-order chi connectivity index (χ0) is 18.7. The van der Waals surface area contributed by atoms with Crippen LogP contribution in [-0.4, -0.2) is 56.9 Å². The van der Waals surface area contributed by atoms with E-state index in [9.17, 15) is 10.2 Å². The summed E-state index contributed by atoms with van der Waals surface area (Å²) in [5, 5.41) is 25.9. The number of nitrogens with zero attached hydrogens (tertiary/aromatic N) is 4. The van der Waals surface area contributed by atoms with E-state index in [4.69, 9.17) is 16.3 Å². The van der Waals surface area contributed by atoms with Crippen LogP contribution >= 0.6 is 11.6 Å². The highest BCUT2D eigenvalue weighted by molar-refractivity contribution is 6.30. The first-order valence-corrected chi connectivity index (χ1v) is 10.2. The number of halogens is 1. The smallest absolute Gasteiger partial charge is 0.179 e. The Kier molecular flexibility index (Phi) is 4.31. The number of rotatable bonds is 3. The molecule has 2 saturated heterocycles. The van der Waals surface area contributed by atoms with Gasteiger partial charge in [0, 0.05) is 19.0 Å². The molecule has 3 fully saturated rings. The molecule has 6 atom stereocenters. The first kappa shape index (κ1) is 17.7. The van der Waals surface area contributed by atoms with Crippen LogP contribution in [-0.2, 0) is 4.74 Å². The van der Waals surface area contributed by atoms with Crippen molar-refractivity contribution in [3.63, 3.8) is 0 Å². The lowest BCUT2D eigenvalue weighted by Crippen LogP contribution is -2.26. The number of hydrogen-bond acceptors (Lipinski definition) is 6. The Labute approximate surface area is 162 Å². The maximum atomic E-state index is 10.6. The van der Waals surface area contributed by atoms with Crippen LogP contribution in [0.1, 0.15) is 32.4 Å². The van der Waals surface area contributed by atoms with Crippen molar-refractivity contribution >= 4 is 28.3 Å². The number of hydrogen-bond donors (Lipinski definition) is 2. The van der Waals surface area contributed by atoms with Crippen LogP contribution in [0.15, 0.2) is 12.3 Å². The lowest BCUT2D eigenvalue weighted by atomic mass is 10.0. The molecule has 3 aliphatic rings. The third-order valence-electron chi connectivity index (χ3n) is 6.73. The Morgan fingerprint density at radius 2 is 2.04 bits per heavy atom. The topological polar surface area (TPSA) is 83.6 Å². The Bertz CT molecular complexity index is 847. The van der Waals surface area contributed by atoms with Crippen LogP contribution in [0.25, 0.3) is 11.0 Å². The molecule has 1 unspecified atom stereocenters. The van der Waals surface area contributed by atoms with Gasteiger partial charge in [0.05, 0.1) is 30.0 Å². The summed E-state index contributed by atoms with van der Waals surface area (Å²) in [5.41, 5.74) is 1.68. The monoisotopic (exact) mass is 392 g/mol. The molecule has 2 N–H and O–H groups in total. The van der Waals surface area contributed by atoms with E-state index in [1.54, 1.807) is 10.9 Å². The SMILES string of the molecule is CC1[C@@H](O)[C@H](n2ncc3c(N4C[C@H]5CCC[C@H]5C4)cc(Cl)nc32)O[C@@H]1CO. The van der Waals surface area contributed by atoms with E-state index in [-0.39, 0.29) is 12.5 Å². The van der Waals surface area contributed by atoms with Crippen LogP contribution in [0, 0.1) is 17.8 Å². The minimum Gasteiger partial charge on any atom is -0.394 e. The van der Waals surface area contributed by atoms with Gasteiger partial charge in [-0.1, -0.05) is 24.9 Å². The molecule has 146 valence electrons. The summed E-state index contributed by atoms with van der Waals surface area (Å²) in [6.45, 7) is 3.84. The number of fused-ring (bicyclic) bond motifs is 2. The summed E-state index contributed by atoms with van der Waals surface area (Å²) in [6.07, 6.45) is 3.90. The number of aliphatic hydroxyl groups excluding tert-OH is 2. The first-order valence-electron chi connectivity index (χ1n) is 9.80. The summed E-state index contributed by atoms with van der Waals surface area (Å²) < 4.78 is 7.47. The van der Waals surface area contributed by atoms with Crippen LogP contribution in [0.5, 0.6) is 0 Å². The van der Waals surface area contributed by atoms with Gasteiger partial charge in [-0.05, 0) is 30.7 Å². The summed E-state index contributed by atoms with van der Waals surface area (Å²) in [6, 6.07) is 1.92. The summed E-state index contributed by atoms with van der Waals surface area (Å²) in [4.78, 5) is 6.88. The Morgan fingerprint density at radius 3 is 2.70 bits per heavy atom. The van der Waals surface area contributed by atoms with Gasteiger partial charge in [0.2, 0.25) is 0 Å². The lowest BCUT2D eigenvalue weighted by Gasteiger charge is -2.21. The van der Waals surface area contributed by atoms with Gasteiger partial charge in [-0.2, -0.15) is 5.10 Å². The molecular formula is C19H25ClN4O3. The molecule has 2 aliphatic heterocycles. The van der Waals surface area contributed by atoms with Crippen LogP contribution < -0.4 is 4.90 Å². The lowest BCUT2D eigenvalue weighted by molar-refractivity contribution is -0.0552. The highest BCUT2D eigenvalue weighted by Crippen LogP contribution is 2.42. The van der Waals surface area contributed by atoms with Gasteiger partial charge in [-0.25, -0.2) is 9.67 Å². The molecule has 1 aliphatic carbocycles. The third kappa shape index (κ3) is 2.75. The molecular weight excluding hydrogens is 368 g/mol. The Morgan fingerprint density at radius 1 is 1.30 bits per heavy atom. The average molecular weight is 393 g/mol. The normalized spacial score (nSPS) is 36.1. The second kappa shape index (κ2) is 6.58. The van der Waals surface area contributed by atoms with Gasteiger partial charge in [0.1, 0.15) is 11.3 Å². The maximum Gasteiger partial charge on any atom is 0.179 e. The largest absolute Gasteiger partial charge is 0.394 e. The van der Waals surface area contributed by atoms with Crippen molar-refractivity contribution in [1.29, 1.82) is 0 Å². The van der Waals surface area contributed by atoms with Gasteiger partial charge < -0.3 is 19.8 Å². The number of aromatic nitrogens is 3. The molecule has 2 aromatic heterocycles. The number of anilines is 1. The van der Waals surface area contributed by atoms with Crippen LogP contribution in [0.3, 0.4) is 0 Å². The van der Waals surface area contributed by atoms with Crippen molar-refractivity contribution in [2.24, 2.45) is 17.8 Å². The minimum absolute atomic E-state index is 0.135. The number of aliphatic hydroxyl groups is 2. The molecule has 0 spiro atoms. The first-order chi connectivity index (χ1) is 13.1. The molecule has 0 bridgehead atoms. The summed E-state index contributed by atoms with van der Waals surface area (Å²) in [7, 11) is 0. The molecule has 7 nitrogen and oxygen atoms in total. The fourth-order valence-electron chi connectivity index (χ4n) is 5.13. The average Bonchev–Trinajstić information content (AvgIpc) is 3.39. The van der Waals surface area contributed by atoms with E-state index in [0.717, 1.165) is 36.0 Å². The fraction of sp³-hybridized carbons (Fsp3) is 0.684. The second-order valence-corrected chi connectivity index (χ2v) is 8.63. The maximum absolute atomic E-state index is 10.6. The van der Waals surface area contributed by atoms with Gasteiger partial charge in [0.25, 0.3) is 0 Å². The Balaban J connectivity index is 1.53. The van der Waals surface area contributed by atoms with E-state index in [1.807, 2.05) is 13.0 Å². The molecule has 0 aromatic carbocycles. The molecule has 1 saturated carbocycles. The second-order valence-electron chi connectivity index (χ2n) is 8.24. The van der Waals surface area contributed by atoms with Crippen LogP contribution in [0.4, 0.5) is 5.69 Å². The van der Waals surface area contributed by atoms with Crippen molar-refractivity contribution < 1.29 is 14.9 Å². The third-order valence-corrected chi connectivity index (χ3v) is 6.93. The van der Waals surface area contributed by atoms with Crippen molar-refractivity contribution in [2.45, 2.75) is 44.6 Å². The van der Waals surface area contributed by atoms with Crippen LogP contribution in [0.2, 0.25) is 5.15 Å². The van der Waals surface area contributed by atoms with E-state index in [0.29, 0.717) is 10.8 Å². The highest BCUT2D eigenvalue weighted by Gasteiger charge is 2.43. The molecule has 2 aromatic rings. The standard InChI is InChI=1S/C19H25ClN4O3/c1-10-15(9-25)27-19(17(10)26)24-18-13(6-21-24)14(5-16(20)22-18)23-7-11-3-2-4-12(11)8-23/h5-6,10-12,15,17,19,25-26H,2-4,7-9H2,1H3/t10?,11-,12+,15-,17-,19-/m1/s1. The molecule has 5 rings (SSSR count). The number of ether oxygens (including phenoxy) is 1. The predicted octanol–water partition coefficient (Wildman–Crippen LogP) is 2.21. The minimum atomic E-state index is -0.763. The molecule has 27 heavy (non-hydrogen) atoms. The van der Waals surface area contributed by atoms with Gasteiger partial charge in [-0.3, -0.25) is 0 Å². The molecule has 8 heteroatoms. The summed E-state index contributed by atoms with van der Waals surface area (Å²) in [5.74, 6) is 1.36.